The highest BCUT2D eigenvalue weighted by atomic mass is 19.4. The molecule has 0 aliphatic rings. The van der Waals surface area contributed by atoms with Crippen molar-refractivity contribution in [3.05, 3.63) is 53.7 Å². The number of hydrogen-bond acceptors (Lipinski definition) is 5. The number of amides is 2. The minimum Gasteiger partial charge on any atom is -0.467 e. The second-order valence-corrected chi connectivity index (χ2v) is 5.61. The van der Waals surface area contributed by atoms with Crippen LogP contribution in [0.2, 0.25) is 0 Å². The summed E-state index contributed by atoms with van der Waals surface area (Å²) in [5.74, 6) is -1.94. The van der Waals surface area contributed by atoms with E-state index in [-0.39, 0.29) is 5.56 Å². The predicted octanol–water partition coefficient (Wildman–Crippen LogP) is 2.16. The third kappa shape index (κ3) is 5.87. The lowest BCUT2D eigenvalue weighted by atomic mass is 10.2. The van der Waals surface area contributed by atoms with Crippen molar-refractivity contribution in [2.45, 2.75) is 6.18 Å². The first-order valence-electron chi connectivity index (χ1n) is 7.70. The summed E-state index contributed by atoms with van der Waals surface area (Å²) >= 11 is 0. The number of anilines is 1. The number of benzene rings is 1. The minimum absolute atomic E-state index is 0.246. The van der Waals surface area contributed by atoms with Gasteiger partial charge in [-0.05, 0) is 30.3 Å². The summed E-state index contributed by atoms with van der Waals surface area (Å²) in [6.45, 7) is -1.59. The van der Waals surface area contributed by atoms with Crippen LogP contribution in [0.15, 0.2) is 42.6 Å². The zero-order valence-electron chi connectivity index (χ0n) is 14.5. The molecule has 0 saturated carbocycles. The highest BCUT2D eigenvalue weighted by molar-refractivity contribution is 6.00. The van der Waals surface area contributed by atoms with E-state index in [1.807, 2.05) is 14.1 Å². The molecule has 1 heterocycles. The number of alkyl halides is 3. The van der Waals surface area contributed by atoms with Crippen LogP contribution in [0.25, 0.3) is 0 Å². The molecule has 0 atom stereocenters. The van der Waals surface area contributed by atoms with Gasteiger partial charge in [-0.1, -0.05) is 6.07 Å². The van der Waals surface area contributed by atoms with Gasteiger partial charge in [0, 0.05) is 31.5 Å². The molecule has 1 aromatic heterocycles. The van der Waals surface area contributed by atoms with E-state index in [1.165, 1.54) is 18.3 Å². The average molecular weight is 382 g/mol. The van der Waals surface area contributed by atoms with Gasteiger partial charge in [-0.3, -0.25) is 20.4 Å². The van der Waals surface area contributed by atoms with Crippen LogP contribution in [0.3, 0.4) is 0 Å². The van der Waals surface area contributed by atoms with E-state index in [0.717, 1.165) is 5.69 Å². The average Bonchev–Trinajstić information content (AvgIpc) is 2.63. The van der Waals surface area contributed by atoms with Crippen LogP contribution in [-0.2, 0) is 0 Å². The molecule has 10 heteroatoms. The van der Waals surface area contributed by atoms with Crippen molar-refractivity contribution < 1.29 is 27.5 Å². The summed E-state index contributed by atoms with van der Waals surface area (Å²) in [6, 6.07) is 9.23. The molecule has 1 aromatic carbocycles. The molecule has 0 aliphatic carbocycles. The van der Waals surface area contributed by atoms with Crippen LogP contribution >= 0.6 is 0 Å². The second kappa shape index (κ2) is 8.39. The Morgan fingerprint density at radius 3 is 2.48 bits per heavy atom. The van der Waals surface area contributed by atoms with E-state index >= 15 is 0 Å². The van der Waals surface area contributed by atoms with Gasteiger partial charge in [0.15, 0.2) is 6.61 Å². The summed E-state index contributed by atoms with van der Waals surface area (Å²) in [7, 11) is 3.62. The van der Waals surface area contributed by atoms with E-state index in [4.69, 9.17) is 0 Å². The van der Waals surface area contributed by atoms with E-state index < -0.39 is 30.5 Å². The lowest BCUT2D eigenvalue weighted by molar-refractivity contribution is -0.154. The fourth-order valence-corrected chi connectivity index (χ4v) is 2.01. The number of ether oxygens (including phenoxy) is 1. The molecule has 2 amide bonds. The van der Waals surface area contributed by atoms with Crippen molar-refractivity contribution in [1.82, 2.24) is 15.8 Å². The Morgan fingerprint density at radius 2 is 1.81 bits per heavy atom. The van der Waals surface area contributed by atoms with Crippen LogP contribution < -0.4 is 20.5 Å². The molecule has 0 saturated heterocycles. The van der Waals surface area contributed by atoms with E-state index in [1.54, 1.807) is 29.2 Å². The summed E-state index contributed by atoms with van der Waals surface area (Å²) in [5.41, 5.74) is 5.16. The van der Waals surface area contributed by atoms with Gasteiger partial charge in [0.25, 0.3) is 11.8 Å². The van der Waals surface area contributed by atoms with Crippen molar-refractivity contribution >= 4 is 17.5 Å². The number of nitrogens with zero attached hydrogens (tertiary/aromatic N) is 2. The molecule has 144 valence electrons. The molecule has 0 unspecified atom stereocenters. The zero-order chi connectivity index (χ0) is 20.0. The fourth-order valence-electron chi connectivity index (χ4n) is 2.01. The smallest absolute Gasteiger partial charge is 0.422 e. The molecular weight excluding hydrogens is 365 g/mol. The van der Waals surface area contributed by atoms with Crippen molar-refractivity contribution in [1.29, 1.82) is 0 Å². The van der Waals surface area contributed by atoms with Gasteiger partial charge in [0.05, 0.1) is 0 Å². The quantitative estimate of drug-likeness (QED) is 0.775. The third-order valence-electron chi connectivity index (χ3n) is 3.30. The topological polar surface area (TPSA) is 83.6 Å². The molecular formula is C17H17F3N4O3. The summed E-state index contributed by atoms with van der Waals surface area (Å²) in [5, 5.41) is 0. The van der Waals surface area contributed by atoms with Crippen LogP contribution in [0, 0.1) is 0 Å². The molecule has 2 N–H and O–H groups in total. The van der Waals surface area contributed by atoms with Gasteiger partial charge in [-0.15, -0.1) is 0 Å². The monoisotopic (exact) mass is 382 g/mol. The SMILES string of the molecule is CN(C)c1cccc(C(=O)NNC(=O)c2cccnc2OCC(F)(F)F)c1. The van der Waals surface area contributed by atoms with Crippen LogP contribution in [-0.4, -0.2) is 43.7 Å². The predicted molar refractivity (Wildman–Crippen MR) is 91.5 cm³/mol. The normalized spacial score (nSPS) is 10.9. The standard InChI is InChI=1S/C17H17F3N4O3/c1-24(2)12-6-3-5-11(9-12)14(25)22-23-15(26)13-7-4-8-21-16(13)27-10-17(18,19)20/h3-9H,10H2,1-2H3,(H,22,25)(H,23,26). The van der Waals surface area contributed by atoms with Crippen molar-refractivity contribution in [2.75, 3.05) is 25.6 Å². The number of hydrogen-bond donors (Lipinski definition) is 2. The van der Waals surface area contributed by atoms with Crippen LogP contribution in [0.5, 0.6) is 5.88 Å². The molecule has 27 heavy (non-hydrogen) atoms. The molecule has 2 rings (SSSR count). The first kappa shape index (κ1) is 20.0. The minimum atomic E-state index is -4.57. The van der Waals surface area contributed by atoms with Crippen molar-refractivity contribution in [3.8, 4) is 5.88 Å². The third-order valence-corrected chi connectivity index (χ3v) is 3.30. The Bertz CT molecular complexity index is 825. The van der Waals surface area contributed by atoms with E-state index in [0.29, 0.717) is 5.56 Å². The molecule has 0 bridgehead atoms. The number of halogens is 3. The highest BCUT2D eigenvalue weighted by Gasteiger charge is 2.29. The van der Waals surface area contributed by atoms with Crippen LogP contribution in [0.1, 0.15) is 20.7 Å². The summed E-state index contributed by atoms with van der Waals surface area (Å²) in [6.07, 6.45) is -3.38. The number of hydrazine groups is 1. The number of rotatable bonds is 5. The van der Waals surface area contributed by atoms with Crippen LogP contribution in [0.4, 0.5) is 18.9 Å². The van der Waals surface area contributed by atoms with Gasteiger partial charge in [-0.2, -0.15) is 13.2 Å². The van der Waals surface area contributed by atoms with Crippen molar-refractivity contribution in [3.63, 3.8) is 0 Å². The Hall–Kier alpha value is -3.30. The maximum Gasteiger partial charge on any atom is 0.422 e. The largest absolute Gasteiger partial charge is 0.467 e. The van der Waals surface area contributed by atoms with Gasteiger partial charge >= 0.3 is 6.18 Å². The van der Waals surface area contributed by atoms with Gasteiger partial charge in [-0.25, -0.2) is 4.98 Å². The Labute approximate surface area is 153 Å². The van der Waals surface area contributed by atoms with E-state index in [9.17, 15) is 22.8 Å². The molecule has 7 nitrogen and oxygen atoms in total. The number of nitrogens with one attached hydrogen (secondary N) is 2. The Balaban J connectivity index is 2.03. The molecule has 0 aliphatic heterocycles. The number of carbonyl (C=O) groups is 2. The highest BCUT2D eigenvalue weighted by Crippen LogP contribution is 2.20. The van der Waals surface area contributed by atoms with Gasteiger partial charge in [0.1, 0.15) is 5.56 Å². The van der Waals surface area contributed by atoms with E-state index in [2.05, 4.69) is 20.6 Å². The Morgan fingerprint density at radius 1 is 1.11 bits per heavy atom. The maximum atomic E-state index is 12.3. The molecule has 0 fully saturated rings. The number of pyridine rings is 1. The lowest BCUT2D eigenvalue weighted by Crippen LogP contribution is -2.42. The zero-order valence-corrected chi connectivity index (χ0v) is 14.5. The first-order valence-corrected chi connectivity index (χ1v) is 7.70. The summed E-state index contributed by atoms with van der Waals surface area (Å²) < 4.78 is 41.4. The molecule has 0 spiro atoms. The fraction of sp³-hybridized carbons (Fsp3) is 0.235. The number of carbonyl (C=O) groups excluding carboxylic acids is 2. The Kier molecular flexibility index (Phi) is 6.22. The maximum absolute atomic E-state index is 12.3. The van der Waals surface area contributed by atoms with Gasteiger partial charge in [0.2, 0.25) is 5.88 Å². The lowest BCUT2D eigenvalue weighted by Gasteiger charge is -2.14. The second-order valence-electron chi connectivity index (χ2n) is 5.61. The van der Waals surface area contributed by atoms with Gasteiger partial charge < -0.3 is 9.64 Å². The summed E-state index contributed by atoms with van der Waals surface area (Å²) in [4.78, 5) is 29.7. The number of aromatic nitrogens is 1. The first-order chi connectivity index (χ1) is 12.7. The van der Waals surface area contributed by atoms with Crippen molar-refractivity contribution in [2.24, 2.45) is 0 Å². The molecule has 0 radical (unpaired) electrons. The molecule has 2 aromatic rings.